The Labute approximate surface area is 188 Å². The van der Waals surface area contributed by atoms with Gasteiger partial charge < -0.3 is 24.7 Å². The van der Waals surface area contributed by atoms with Crippen LogP contribution in [0.2, 0.25) is 98.2 Å². The molecule has 13 heteroatoms. The van der Waals surface area contributed by atoms with Crippen molar-refractivity contribution < 1.29 is 24.7 Å². The van der Waals surface area contributed by atoms with Crippen LogP contribution in [-0.4, -0.2) is 59.4 Å². The largest absolute Gasteiger partial charge is 0.474 e. The molecule has 0 spiro atoms. The van der Waals surface area contributed by atoms with Gasteiger partial charge in [-0.05, 0) is 98.2 Å². The first kappa shape index (κ1) is 30.3. The summed E-state index contributed by atoms with van der Waals surface area (Å²) in [7, 11) is -16.3. The molecule has 0 unspecified atom stereocenters. The highest BCUT2D eigenvalue weighted by Gasteiger charge is 2.53. The highest BCUT2D eigenvalue weighted by atomic mass is 28.5. The van der Waals surface area contributed by atoms with E-state index in [2.05, 4.69) is 65.5 Å². The van der Waals surface area contributed by atoms with E-state index in [9.17, 15) is 0 Å². The molecule has 1 radical (unpaired) electrons. The molecule has 0 fully saturated rings. The van der Waals surface area contributed by atoms with Gasteiger partial charge in [-0.1, -0.05) is 0 Å². The van der Waals surface area contributed by atoms with Crippen LogP contribution in [0.1, 0.15) is 0 Å². The van der Waals surface area contributed by atoms with Crippen LogP contribution in [0.4, 0.5) is 0 Å². The lowest BCUT2D eigenvalue weighted by Crippen LogP contribution is -2.65. The lowest BCUT2D eigenvalue weighted by atomic mass is 11.8. The quantitative estimate of drug-likeness (QED) is 0.287. The van der Waals surface area contributed by atoms with E-state index >= 15 is 0 Å². The average molecular weight is 532 g/mol. The molecule has 175 valence electrons. The Morgan fingerprint density at radius 3 is 0.655 bits per heavy atom. The molecule has 0 amide bonds. The Balaban J connectivity index is 5.85. The molecule has 0 rings (SSSR count). The molecule has 0 aromatic carbocycles. The smallest absolute Gasteiger partial charge is 0.437 e. The lowest BCUT2D eigenvalue weighted by molar-refractivity contribution is 0.205. The van der Waals surface area contributed by atoms with Crippen molar-refractivity contribution in [3.8, 4) is 0 Å². The van der Waals surface area contributed by atoms with E-state index in [1.165, 1.54) is 0 Å². The van der Waals surface area contributed by atoms with Gasteiger partial charge >= 0.3 is 34.5 Å². The third-order valence-electron chi connectivity index (χ3n) is 2.86. The monoisotopic (exact) mass is 531 g/mol. The molecule has 29 heavy (non-hydrogen) atoms. The second-order valence-electron chi connectivity index (χ2n) is 11.8. The van der Waals surface area contributed by atoms with Crippen LogP contribution in [-0.2, 0) is 24.7 Å². The maximum atomic E-state index is 6.58. The van der Waals surface area contributed by atoms with Crippen LogP contribution in [0.15, 0.2) is 0 Å². The van der Waals surface area contributed by atoms with Crippen LogP contribution >= 0.6 is 0 Å². The van der Waals surface area contributed by atoms with Gasteiger partial charge in [-0.25, -0.2) is 0 Å². The minimum atomic E-state index is -3.33. The molecule has 0 atom stereocenters. The van der Waals surface area contributed by atoms with Crippen molar-refractivity contribution in [3.05, 3.63) is 6.55 Å². The summed E-state index contributed by atoms with van der Waals surface area (Å²) < 4.78 is 39.0. The number of hydrogen-bond donors (Lipinski definition) is 0. The molecule has 0 bridgehead atoms. The summed E-state index contributed by atoms with van der Waals surface area (Å²) in [5, 5.41) is 0. The van der Waals surface area contributed by atoms with Gasteiger partial charge in [0, 0.05) is 6.55 Å². The zero-order valence-corrected chi connectivity index (χ0v) is 28.7. The van der Waals surface area contributed by atoms with Crippen molar-refractivity contribution in [1.29, 1.82) is 0 Å². The van der Waals surface area contributed by atoms with E-state index < -0.39 is 59.4 Å². The van der Waals surface area contributed by atoms with Crippen LogP contribution in [0.25, 0.3) is 0 Å². The van der Waals surface area contributed by atoms with Gasteiger partial charge in [-0.15, -0.1) is 0 Å². The summed E-state index contributed by atoms with van der Waals surface area (Å²) in [4.78, 5) is 0. The van der Waals surface area contributed by atoms with Gasteiger partial charge in [0.05, 0.1) is 0 Å². The molecule has 6 nitrogen and oxygen atoms in total. The van der Waals surface area contributed by atoms with E-state index in [0.717, 1.165) is 0 Å². The van der Waals surface area contributed by atoms with Crippen molar-refractivity contribution in [3.63, 3.8) is 0 Å². The summed E-state index contributed by atoms with van der Waals surface area (Å²) in [5.74, 6) is 0. The third-order valence-corrected chi connectivity index (χ3v) is 25.7. The Morgan fingerprint density at radius 1 is 0.345 bits per heavy atom. The average Bonchev–Trinajstić information content (AvgIpc) is 2.10. The molecular weight excluding hydrogens is 485 g/mol. The Morgan fingerprint density at radius 2 is 0.517 bits per heavy atom. The predicted octanol–water partition coefficient (Wildman–Crippen LogP) is 6.01. The zero-order chi connectivity index (χ0) is 23.7. The molecule has 0 aliphatic rings. The van der Waals surface area contributed by atoms with Gasteiger partial charge in [0.2, 0.25) is 0 Å². The minimum Gasteiger partial charge on any atom is -0.437 e. The summed E-state index contributed by atoms with van der Waals surface area (Å²) in [6.45, 7) is 36.2. The van der Waals surface area contributed by atoms with E-state index in [1.54, 1.807) is 0 Å². The predicted molar refractivity (Wildman–Crippen MR) is 140 cm³/mol. The van der Waals surface area contributed by atoms with Crippen molar-refractivity contribution in [1.82, 2.24) is 0 Å². The van der Waals surface area contributed by atoms with Crippen molar-refractivity contribution in [2.24, 2.45) is 0 Å². The molecule has 0 saturated heterocycles. The highest BCUT2D eigenvalue weighted by molar-refractivity contribution is 6.93. The SMILES string of the molecule is [CH2][Si](O[Si](C)(C)O[Si](C)(C)C)(O[Si](C)(C)O[Si](C)(C)C)O[Si](C)(C)O[Si](C)(C)C. The Kier molecular flexibility index (Phi) is 10.1. The zero-order valence-electron chi connectivity index (χ0n) is 21.7. The standard InChI is InChI=1S/C16H47O6Si7/c1-23(2,3)17-26(10,11)20-29(16,21-27(12,13)18-24(4,5)6)22-28(14,15)19-25(7,8)9/h16H2,1-15H3. The van der Waals surface area contributed by atoms with Crippen LogP contribution in [0.5, 0.6) is 0 Å². The van der Waals surface area contributed by atoms with Crippen LogP contribution in [0.3, 0.4) is 0 Å². The first-order valence-corrected chi connectivity index (χ1v) is 30.9. The fourth-order valence-corrected chi connectivity index (χ4v) is 33.4. The first-order valence-electron chi connectivity index (χ1n) is 10.3. The molecular formula is C16H47O6Si7. The molecule has 0 N–H and O–H groups in total. The van der Waals surface area contributed by atoms with Crippen LogP contribution in [0, 0.1) is 6.55 Å². The minimum absolute atomic E-state index is 1.79. The van der Waals surface area contributed by atoms with Gasteiger partial charge in [-0.3, -0.25) is 0 Å². The summed E-state index contributed by atoms with van der Waals surface area (Å²) in [6, 6.07) is 0. The van der Waals surface area contributed by atoms with Gasteiger partial charge in [0.15, 0.2) is 25.0 Å². The van der Waals surface area contributed by atoms with Crippen LogP contribution < -0.4 is 0 Å². The first-order chi connectivity index (χ1) is 12.2. The maximum absolute atomic E-state index is 6.58. The topological polar surface area (TPSA) is 55.4 Å². The molecule has 0 heterocycles. The lowest BCUT2D eigenvalue weighted by Gasteiger charge is -2.45. The van der Waals surface area contributed by atoms with E-state index in [4.69, 9.17) is 24.7 Å². The van der Waals surface area contributed by atoms with Crippen molar-refractivity contribution in [2.75, 3.05) is 0 Å². The third kappa shape index (κ3) is 15.7. The molecule has 0 saturated carbocycles. The van der Waals surface area contributed by atoms with Gasteiger partial charge in [0.1, 0.15) is 0 Å². The second-order valence-corrected chi connectivity index (χ2v) is 39.2. The summed E-state index contributed by atoms with van der Waals surface area (Å²) in [6.07, 6.45) is 0. The molecule has 0 aliphatic carbocycles. The molecule has 0 aromatic rings. The van der Waals surface area contributed by atoms with Crippen molar-refractivity contribution in [2.45, 2.75) is 98.2 Å². The number of rotatable bonds is 12. The Bertz CT molecular complexity index is 461. The fourth-order valence-electron chi connectivity index (χ4n) is 3.46. The normalized spacial score (nSPS) is 15.7. The van der Waals surface area contributed by atoms with Gasteiger partial charge in [-0.2, -0.15) is 0 Å². The van der Waals surface area contributed by atoms with Crippen molar-refractivity contribution >= 4 is 59.4 Å². The Hall–Kier alpha value is 1.28. The highest BCUT2D eigenvalue weighted by Crippen LogP contribution is 2.29. The summed E-state index contributed by atoms with van der Waals surface area (Å²) >= 11 is 0. The molecule has 0 aliphatic heterocycles. The second kappa shape index (κ2) is 9.64. The van der Waals surface area contributed by atoms with E-state index in [-0.39, 0.29) is 0 Å². The maximum Gasteiger partial charge on any atom is 0.474 e. The van der Waals surface area contributed by atoms with E-state index in [1.807, 2.05) is 39.3 Å². The van der Waals surface area contributed by atoms with Gasteiger partial charge in [0.25, 0.3) is 0 Å². The summed E-state index contributed by atoms with van der Waals surface area (Å²) in [5.41, 5.74) is 0. The fraction of sp³-hybridized carbons (Fsp3) is 0.938. The molecule has 0 aromatic heterocycles. The number of hydrogen-bond acceptors (Lipinski definition) is 6. The van der Waals surface area contributed by atoms with E-state index in [0.29, 0.717) is 0 Å².